The number of sulfonamides is 1. The summed E-state index contributed by atoms with van der Waals surface area (Å²) in [4.78, 5) is 4.50. The Bertz CT molecular complexity index is 614. The Labute approximate surface area is 139 Å². The Hall–Kier alpha value is -0.0100. The van der Waals surface area contributed by atoms with Crippen molar-refractivity contribution in [3.05, 3.63) is 18.3 Å². The van der Waals surface area contributed by atoms with Gasteiger partial charge >= 0.3 is 0 Å². The van der Waals surface area contributed by atoms with Crippen molar-refractivity contribution >= 4 is 45.0 Å². The van der Waals surface area contributed by atoms with Crippen molar-refractivity contribution in [2.45, 2.75) is 33.5 Å². The maximum absolute atomic E-state index is 12.4. The highest BCUT2D eigenvalue weighted by atomic mass is 35.5. The largest absolute Gasteiger partial charge is 0.249 e. The van der Waals surface area contributed by atoms with Crippen molar-refractivity contribution in [1.29, 1.82) is 0 Å². The van der Waals surface area contributed by atoms with Gasteiger partial charge in [0.2, 0.25) is 10.0 Å². The number of halogens is 2. The third-order valence-electron chi connectivity index (χ3n) is 3.80. The van der Waals surface area contributed by atoms with E-state index < -0.39 is 14.4 Å². The topological polar surface area (TPSA) is 50.3 Å². The van der Waals surface area contributed by atoms with Gasteiger partial charge in [0, 0.05) is 31.0 Å². The molecule has 1 saturated heterocycles. The first kappa shape index (κ1) is 15.9. The molecule has 1 aromatic heterocycles. The summed E-state index contributed by atoms with van der Waals surface area (Å²) in [6.07, 6.45) is 4.11. The smallest absolute Gasteiger partial charge is 0.244 e. The molecule has 21 heavy (non-hydrogen) atoms. The molecule has 0 spiro atoms. The van der Waals surface area contributed by atoms with E-state index in [4.69, 9.17) is 23.2 Å². The second-order valence-electron chi connectivity index (χ2n) is 5.42. The number of rotatable bonds is 5. The van der Waals surface area contributed by atoms with Crippen LogP contribution in [0.5, 0.6) is 0 Å². The molecule has 1 unspecified atom stereocenters. The van der Waals surface area contributed by atoms with Crippen LogP contribution in [0, 0.1) is 5.92 Å². The van der Waals surface area contributed by atoms with Crippen LogP contribution < -0.4 is 0 Å². The van der Waals surface area contributed by atoms with E-state index in [2.05, 4.69) is 4.98 Å². The molecular weight excluding hydrogens is 351 g/mol. The molecule has 116 valence electrons. The summed E-state index contributed by atoms with van der Waals surface area (Å²) < 4.78 is 25.6. The lowest BCUT2D eigenvalue weighted by atomic mass is 10.4. The van der Waals surface area contributed by atoms with Crippen molar-refractivity contribution in [3.8, 4) is 0 Å². The van der Waals surface area contributed by atoms with E-state index in [-0.39, 0.29) is 4.90 Å². The summed E-state index contributed by atoms with van der Waals surface area (Å²) in [5, 5.41) is 0.798. The molecule has 3 rings (SSSR count). The summed E-state index contributed by atoms with van der Waals surface area (Å²) in [6, 6.07) is 3.38. The molecule has 0 aromatic carbocycles. The van der Waals surface area contributed by atoms with E-state index in [1.807, 2.05) is 0 Å². The molecule has 1 saturated carbocycles. The molecule has 2 aliphatic rings. The van der Waals surface area contributed by atoms with Gasteiger partial charge in [-0.05, 0) is 31.4 Å². The predicted octanol–water partition coefficient (Wildman–Crippen LogP) is 3.15. The van der Waals surface area contributed by atoms with E-state index in [9.17, 15) is 8.42 Å². The van der Waals surface area contributed by atoms with Crippen molar-refractivity contribution in [3.63, 3.8) is 0 Å². The monoisotopic (exact) mass is 366 g/mol. The van der Waals surface area contributed by atoms with Crippen LogP contribution >= 0.6 is 35.0 Å². The van der Waals surface area contributed by atoms with Crippen LogP contribution in [-0.2, 0) is 10.0 Å². The van der Waals surface area contributed by atoms with Crippen LogP contribution in [0.2, 0.25) is 0 Å². The van der Waals surface area contributed by atoms with Crippen molar-refractivity contribution in [1.82, 2.24) is 9.29 Å². The quantitative estimate of drug-likeness (QED) is 0.593. The SMILES string of the molecule is O=S(=O)(c1ccc(SCC2CC2(Cl)Cl)nc1)N1CCCC1. The highest BCUT2D eigenvalue weighted by Gasteiger charge is 2.51. The first-order chi connectivity index (χ1) is 9.89. The van der Waals surface area contributed by atoms with Crippen LogP contribution in [0.25, 0.3) is 0 Å². The maximum atomic E-state index is 12.4. The number of nitrogens with zero attached hydrogens (tertiary/aromatic N) is 2. The zero-order valence-electron chi connectivity index (χ0n) is 11.3. The second-order valence-corrected chi connectivity index (χ2v) is 9.94. The summed E-state index contributed by atoms with van der Waals surface area (Å²) in [6.45, 7) is 1.21. The van der Waals surface area contributed by atoms with Gasteiger partial charge in [-0.25, -0.2) is 13.4 Å². The first-order valence-corrected chi connectivity index (χ1v) is 10.0. The van der Waals surface area contributed by atoms with E-state index >= 15 is 0 Å². The molecule has 4 nitrogen and oxygen atoms in total. The van der Waals surface area contributed by atoms with Gasteiger partial charge in [-0.3, -0.25) is 0 Å². The van der Waals surface area contributed by atoms with Gasteiger partial charge in [0.25, 0.3) is 0 Å². The summed E-state index contributed by atoms with van der Waals surface area (Å²) in [5.41, 5.74) is 0. The lowest BCUT2D eigenvalue weighted by Crippen LogP contribution is -2.27. The average molecular weight is 367 g/mol. The number of hydrogen-bond donors (Lipinski definition) is 0. The summed E-state index contributed by atoms with van der Waals surface area (Å²) in [5.74, 6) is 1.10. The van der Waals surface area contributed by atoms with Gasteiger partial charge < -0.3 is 0 Å². The van der Waals surface area contributed by atoms with Crippen LogP contribution in [0.1, 0.15) is 19.3 Å². The normalized spacial score (nSPS) is 25.1. The van der Waals surface area contributed by atoms with Gasteiger partial charge in [-0.15, -0.1) is 35.0 Å². The van der Waals surface area contributed by atoms with Crippen LogP contribution in [0.15, 0.2) is 28.3 Å². The average Bonchev–Trinajstić information content (AvgIpc) is 2.86. The minimum Gasteiger partial charge on any atom is -0.249 e. The number of pyridine rings is 1. The number of thioether (sulfide) groups is 1. The molecule has 1 aliphatic heterocycles. The Morgan fingerprint density at radius 1 is 1.33 bits per heavy atom. The van der Waals surface area contributed by atoms with Crippen molar-refractivity contribution in [2.75, 3.05) is 18.8 Å². The van der Waals surface area contributed by atoms with E-state index in [1.54, 1.807) is 23.9 Å². The van der Waals surface area contributed by atoms with Gasteiger partial charge in [-0.2, -0.15) is 4.31 Å². The molecule has 1 aliphatic carbocycles. The minimum absolute atomic E-state index is 0.268. The van der Waals surface area contributed by atoms with Crippen LogP contribution in [-0.4, -0.2) is 40.9 Å². The molecule has 2 heterocycles. The van der Waals surface area contributed by atoms with Gasteiger partial charge in [0.05, 0.1) is 5.03 Å². The van der Waals surface area contributed by atoms with E-state index in [1.165, 1.54) is 10.5 Å². The number of aromatic nitrogens is 1. The lowest BCUT2D eigenvalue weighted by molar-refractivity contribution is 0.477. The highest BCUT2D eigenvalue weighted by molar-refractivity contribution is 7.99. The maximum Gasteiger partial charge on any atom is 0.244 e. The third-order valence-corrected chi connectivity index (χ3v) is 7.71. The Morgan fingerprint density at radius 3 is 2.52 bits per heavy atom. The fourth-order valence-electron chi connectivity index (χ4n) is 2.32. The highest BCUT2D eigenvalue weighted by Crippen LogP contribution is 2.54. The molecule has 8 heteroatoms. The summed E-state index contributed by atoms with van der Waals surface area (Å²) in [7, 11) is -3.37. The van der Waals surface area contributed by atoms with E-state index in [0.29, 0.717) is 19.0 Å². The number of alkyl halides is 2. The molecule has 0 radical (unpaired) electrons. The Morgan fingerprint density at radius 2 is 2.00 bits per heavy atom. The molecular formula is C13H16Cl2N2O2S2. The summed E-state index contributed by atoms with van der Waals surface area (Å²) >= 11 is 13.5. The Balaban J connectivity index is 1.63. The fourth-order valence-corrected chi connectivity index (χ4v) is 5.56. The van der Waals surface area contributed by atoms with Crippen molar-refractivity contribution in [2.24, 2.45) is 5.92 Å². The zero-order chi connectivity index (χ0) is 15.1. The molecule has 1 aromatic rings. The molecule has 0 bridgehead atoms. The Kier molecular flexibility index (Phi) is 4.45. The van der Waals surface area contributed by atoms with Gasteiger partial charge in [0.1, 0.15) is 9.23 Å². The molecule has 1 atom stereocenters. The van der Waals surface area contributed by atoms with Crippen LogP contribution in [0.4, 0.5) is 0 Å². The van der Waals surface area contributed by atoms with Gasteiger partial charge in [0.15, 0.2) is 0 Å². The lowest BCUT2D eigenvalue weighted by Gasteiger charge is -2.15. The van der Waals surface area contributed by atoms with Crippen LogP contribution in [0.3, 0.4) is 0 Å². The molecule has 2 fully saturated rings. The van der Waals surface area contributed by atoms with Gasteiger partial charge in [-0.1, -0.05) is 0 Å². The second kappa shape index (κ2) is 5.89. The standard InChI is InChI=1S/C13H16Cl2N2O2S2/c14-13(15)7-10(13)9-20-12-4-3-11(8-16-12)21(18,19)17-5-1-2-6-17/h3-4,8,10H,1-2,5-7,9H2. The number of hydrogen-bond acceptors (Lipinski definition) is 4. The zero-order valence-corrected chi connectivity index (χ0v) is 14.5. The van der Waals surface area contributed by atoms with Crippen molar-refractivity contribution < 1.29 is 8.42 Å². The predicted molar refractivity (Wildman–Crippen MR) is 85.5 cm³/mol. The molecule has 0 amide bonds. The first-order valence-electron chi connectivity index (χ1n) is 6.86. The molecule has 0 N–H and O–H groups in total. The minimum atomic E-state index is -3.37. The fraction of sp³-hybridized carbons (Fsp3) is 0.615. The van der Waals surface area contributed by atoms with E-state index in [0.717, 1.165) is 30.0 Å². The third kappa shape index (κ3) is 3.50.